The van der Waals surface area contributed by atoms with Gasteiger partial charge in [-0.2, -0.15) is 0 Å². The molecular weight excluding hydrogens is 496 g/mol. The Morgan fingerprint density at radius 1 is 1.03 bits per heavy atom. The van der Waals surface area contributed by atoms with Gasteiger partial charge in [0, 0.05) is 31.4 Å². The van der Waals surface area contributed by atoms with E-state index in [2.05, 4.69) is 5.32 Å². The van der Waals surface area contributed by atoms with Crippen LogP contribution in [0.25, 0.3) is 0 Å². The van der Waals surface area contributed by atoms with E-state index in [9.17, 15) is 23.2 Å². The first-order valence-corrected chi connectivity index (χ1v) is 13.0. The molecule has 2 aromatic carbocycles. The summed E-state index contributed by atoms with van der Waals surface area (Å²) in [6.07, 6.45) is 4.32. The van der Waals surface area contributed by atoms with Gasteiger partial charge in [0.05, 0.1) is 24.1 Å². The van der Waals surface area contributed by atoms with Crippen LogP contribution in [0.1, 0.15) is 59.2 Å². The van der Waals surface area contributed by atoms with E-state index in [1.165, 1.54) is 12.1 Å². The molecule has 0 spiro atoms. The van der Waals surface area contributed by atoms with Crippen molar-refractivity contribution in [1.82, 2.24) is 9.80 Å². The van der Waals surface area contributed by atoms with Crippen molar-refractivity contribution in [3.8, 4) is 5.75 Å². The van der Waals surface area contributed by atoms with Crippen molar-refractivity contribution in [1.29, 1.82) is 0 Å². The number of hydrogen-bond donors (Lipinski definition) is 1. The van der Waals surface area contributed by atoms with Crippen LogP contribution in [0.3, 0.4) is 0 Å². The number of nitrogens with zero attached hydrogens (tertiary/aromatic N) is 2. The molecule has 0 unspecified atom stereocenters. The lowest BCUT2D eigenvalue weighted by Crippen LogP contribution is -2.54. The Bertz CT molecular complexity index is 1230. The van der Waals surface area contributed by atoms with Crippen molar-refractivity contribution < 1.29 is 32.6 Å². The fourth-order valence-electron chi connectivity index (χ4n) is 5.41. The summed E-state index contributed by atoms with van der Waals surface area (Å²) in [4.78, 5) is 42.3. The highest BCUT2D eigenvalue weighted by Crippen LogP contribution is 2.33. The van der Waals surface area contributed by atoms with Gasteiger partial charge < -0.3 is 24.6 Å². The van der Waals surface area contributed by atoms with Crippen LogP contribution in [0.5, 0.6) is 5.75 Å². The number of halogens is 2. The van der Waals surface area contributed by atoms with Crippen molar-refractivity contribution in [2.75, 3.05) is 32.1 Å². The van der Waals surface area contributed by atoms with Gasteiger partial charge in [-0.05, 0) is 68.5 Å². The van der Waals surface area contributed by atoms with Gasteiger partial charge in [-0.3, -0.25) is 14.4 Å². The average molecular weight is 528 g/mol. The fraction of sp³-hybridized carbons (Fsp3) is 0.464. The first-order valence-electron chi connectivity index (χ1n) is 13.0. The Balaban J connectivity index is 1.27. The summed E-state index contributed by atoms with van der Waals surface area (Å²) < 4.78 is 39.0. The van der Waals surface area contributed by atoms with Crippen LogP contribution in [0.2, 0.25) is 0 Å². The maximum absolute atomic E-state index is 13.5. The van der Waals surface area contributed by atoms with Crippen LogP contribution >= 0.6 is 0 Å². The molecule has 8 nitrogen and oxygen atoms in total. The van der Waals surface area contributed by atoms with Gasteiger partial charge in [-0.1, -0.05) is 0 Å². The number of benzene rings is 2. The van der Waals surface area contributed by atoms with E-state index in [1.54, 1.807) is 24.1 Å². The quantitative estimate of drug-likeness (QED) is 0.650. The Hall–Kier alpha value is -3.53. The van der Waals surface area contributed by atoms with Gasteiger partial charge in [0.25, 0.3) is 11.8 Å². The number of hydrogen-bond acceptors (Lipinski definition) is 5. The first-order chi connectivity index (χ1) is 18.3. The monoisotopic (exact) mass is 527 g/mol. The Labute approximate surface area is 219 Å². The number of ether oxygens (including phenoxy) is 2. The van der Waals surface area contributed by atoms with Crippen LogP contribution in [-0.4, -0.2) is 72.5 Å². The maximum atomic E-state index is 13.5. The number of likely N-dealkylation sites (N-methyl/N-ethyl adjacent to an activating group) is 1. The minimum absolute atomic E-state index is 0.0501. The van der Waals surface area contributed by atoms with Crippen LogP contribution in [0.15, 0.2) is 36.4 Å². The third-order valence-corrected chi connectivity index (χ3v) is 7.56. The highest BCUT2D eigenvalue weighted by atomic mass is 19.2. The zero-order chi connectivity index (χ0) is 26.8. The summed E-state index contributed by atoms with van der Waals surface area (Å²) in [5, 5.41) is 2.62. The molecule has 1 N–H and O–H groups in total. The number of carbonyl (C=O) groups excluding carboxylic acids is 3. The molecular formula is C28H31F2N3O5. The maximum Gasteiger partial charge on any atom is 0.257 e. The van der Waals surface area contributed by atoms with Crippen LogP contribution < -0.4 is 10.1 Å². The number of carbonyl (C=O) groups is 3. The van der Waals surface area contributed by atoms with Crippen molar-refractivity contribution in [3.63, 3.8) is 0 Å². The topological polar surface area (TPSA) is 88.2 Å². The molecule has 3 heterocycles. The molecule has 2 saturated heterocycles. The number of rotatable bonds is 4. The summed E-state index contributed by atoms with van der Waals surface area (Å²) in [6, 6.07) is 7.33. The molecule has 5 rings (SSSR count). The molecule has 10 heteroatoms. The lowest BCUT2D eigenvalue weighted by atomic mass is 9.94. The third-order valence-electron chi connectivity index (χ3n) is 7.56. The van der Waals surface area contributed by atoms with E-state index in [0.717, 1.165) is 44.5 Å². The number of nitrogens with one attached hydrogen (secondary N) is 1. The minimum Gasteiger partial charge on any atom is -0.490 e. The molecule has 3 atom stereocenters. The van der Waals surface area contributed by atoms with Gasteiger partial charge in [-0.15, -0.1) is 0 Å². The second kappa shape index (κ2) is 11.1. The van der Waals surface area contributed by atoms with Gasteiger partial charge in [-0.25, -0.2) is 8.78 Å². The first kappa shape index (κ1) is 26.1. The van der Waals surface area contributed by atoms with E-state index in [0.29, 0.717) is 30.7 Å². The Morgan fingerprint density at radius 3 is 2.58 bits per heavy atom. The number of piperidine rings is 1. The van der Waals surface area contributed by atoms with E-state index in [1.807, 2.05) is 4.90 Å². The number of amides is 3. The molecule has 3 aliphatic heterocycles. The Morgan fingerprint density at radius 2 is 1.82 bits per heavy atom. The van der Waals surface area contributed by atoms with Crippen LogP contribution in [-0.2, 0) is 9.53 Å². The SMILES string of the molecule is CN1C(=O)c2cc(NC(=O)c3ccc(F)c(F)c3)ccc2OC[C@H]2O[C@@H](CC(=O)N3CCCCC3)CC[C@@H]21. The largest absolute Gasteiger partial charge is 0.490 e. The lowest BCUT2D eigenvalue weighted by Gasteiger charge is -2.42. The second-order valence-corrected chi connectivity index (χ2v) is 10.1. The molecule has 0 radical (unpaired) electrons. The van der Waals surface area contributed by atoms with Crippen molar-refractivity contribution in [3.05, 3.63) is 59.2 Å². The standard InChI is InChI=1S/C28H31F2N3O5/c1-32-23-9-7-19(15-26(34)33-11-3-2-4-12-33)38-25(23)16-37-24-10-6-18(14-20(24)28(32)36)31-27(35)17-5-8-21(29)22(30)13-17/h5-6,8,10,13-14,19,23,25H,2-4,7,9,11-12,15-16H2,1H3,(H,31,35)/t19-,23+,25-/m1/s1. The molecule has 2 aromatic rings. The van der Waals surface area contributed by atoms with E-state index >= 15 is 0 Å². The lowest BCUT2D eigenvalue weighted by molar-refractivity contribution is -0.143. The summed E-state index contributed by atoms with van der Waals surface area (Å²) in [6.45, 7) is 1.82. The van der Waals surface area contributed by atoms with E-state index in [4.69, 9.17) is 9.47 Å². The predicted molar refractivity (Wildman–Crippen MR) is 135 cm³/mol. The third kappa shape index (κ3) is 5.50. The normalized spacial score (nSPS) is 23.4. The highest BCUT2D eigenvalue weighted by Gasteiger charge is 2.39. The Kier molecular flexibility index (Phi) is 7.60. The second-order valence-electron chi connectivity index (χ2n) is 10.1. The molecule has 0 aliphatic carbocycles. The molecule has 0 saturated carbocycles. The van der Waals surface area contributed by atoms with Gasteiger partial charge in [0.2, 0.25) is 5.91 Å². The molecule has 0 bridgehead atoms. The number of likely N-dealkylation sites (tertiary alicyclic amines) is 1. The summed E-state index contributed by atoms with van der Waals surface area (Å²) >= 11 is 0. The van der Waals surface area contributed by atoms with Gasteiger partial charge >= 0.3 is 0 Å². The molecule has 0 aromatic heterocycles. The summed E-state index contributed by atoms with van der Waals surface area (Å²) in [5.74, 6) is -2.62. The zero-order valence-corrected chi connectivity index (χ0v) is 21.3. The van der Waals surface area contributed by atoms with Crippen molar-refractivity contribution >= 4 is 23.4 Å². The average Bonchev–Trinajstić information content (AvgIpc) is 2.93. The molecule has 3 aliphatic rings. The van der Waals surface area contributed by atoms with Gasteiger partial charge in [0.1, 0.15) is 18.5 Å². The molecule has 202 valence electrons. The minimum atomic E-state index is -1.12. The fourth-order valence-corrected chi connectivity index (χ4v) is 5.41. The summed E-state index contributed by atoms with van der Waals surface area (Å²) in [5.41, 5.74) is 0.541. The van der Waals surface area contributed by atoms with Crippen LogP contribution in [0, 0.1) is 11.6 Å². The van der Waals surface area contributed by atoms with Crippen molar-refractivity contribution in [2.24, 2.45) is 0 Å². The van der Waals surface area contributed by atoms with Gasteiger partial charge in [0.15, 0.2) is 11.6 Å². The number of fused-ring (bicyclic) bond motifs is 2. The number of anilines is 1. The zero-order valence-electron chi connectivity index (χ0n) is 21.3. The highest BCUT2D eigenvalue weighted by molar-refractivity contribution is 6.05. The smallest absolute Gasteiger partial charge is 0.257 e. The van der Waals surface area contributed by atoms with Crippen LogP contribution in [0.4, 0.5) is 14.5 Å². The molecule has 38 heavy (non-hydrogen) atoms. The predicted octanol–water partition coefficient (Wildman–Crippen LogP) is 4.00. The molecule has 2 fully saturated rings. The van der Waals surface area contributed by atoms with E-state index in [-0.39, 0.29) is 47.8 Å². The van der Waals surface area contributed by atoms with Crippen molar-refractivity contribution in [2.45, 2.75) is 56.8 Å². The molecule has 3 amide bonds. The summed E-state index contributed by atoms with van der Waals surface area (Å²) in [7, 11) is 1.71. The van der Waals surface area contributed by atoms with E-state index < -0.39 is 17.5 Å².